The first-order chi connectivity index (χ1) is 8.45. The number of Topliss-reactive ketones (excluding diaryl/α,β-unsaturated/α-hetero) is 1. The number of ketones is 1. The maximum Gasteiger partial charge on any atom is 0.133 e. The van der Waals surface area contributed by atoms with Crippen LogP contribution in [0.1, 0.15) is 50.7 Å². The number of rotatable bonds is 0. The maximum atomic E-state index is 11.9. The summed E-state index contributed by atoms with van der Waals surface area (Å²) in [5, 5.41) is 9.62. The van der Waals surface area contributed by atoms with Gasteiger partial charge in [0.2, 0.25) is 0 Å². The number of hydrogen-bond donors (Lipinski definition) is 1. The molecule has 1 fully saturated rings. The van der Waals surface area contributed by atoms with Gasteiger partial charge in [0.15, 0.2) is 0 Å². The Labute approximate surface area is 108 Å². The highest BCUT2D eigenvalue weighted by Crippen LogP contribution is 2.57. The zero-order valence-electron chi connectivity index (χ0n) is 11.1. The summed E-state index contributed by atoms with van der Waals surface area (Å²) in [4.78, 5) is 11.9. The zero-order valence-corrected chi connectivity index (χ0v) is 11.1. The van der Waals surface area contributed by atoms with E-state index in [1.807, 2.05) is 12.1 Å². The Hall–Kier alpha value is -1.31. The predicted octanol–water partition coefficient (Wildman–Crippen LogP) is 3.36. The van der Waals surface area contributed by atoms with E-state index in [2.05, 4.69) is 13.8 Å². The van der Waals surface area contributed by atoms with Gasteiger partial charge >= 0.3 is 0 Å². The van der Waals surface area contributed by atoms with Crippen molar-refractivity contribution in [3.8, 4) is 5.75 Å². The van der Waals surface area contributed by atoms with Gasteiger partial charge in [0.1, 0.15) is 11.5 Å². The SMILES string of the molecule is C[C@@]12CCC(=O)C[C@@]1(C)c1ccc(O)cc1CC2. The molecule has 2 aliphatic carbocycles. The van der Waals surface area contributed by atoms with Crippen LogP contribution in [0.3, 0.4) is 0 Å². The fourth-order valence-electron chi connectivity index (χ4n) is 3.94. The van der Waals surface area contributed by atoms with Crippen molar-refractivity contribution in [2.24, 2.45) is 5.41 Å². The van der Waals surface area contributed by atoms with Crippen LogP contribution in [-0.4, -0.2) is 10.9 Å². The van der Waals surface area contributed by atoms with Gasteiger partial charge in [-0.15, -0.1) is 0 Å². The molecule has 2 heteroatoms. The summed E-state index contributed by atoms with van der Waals surface area (Å²) >= 11 is 0. The molecule has 0 radical (unpaired) electrons. The third kappa shape index (κ3) is 1.44. The molecule has 0 spiro atoms. The summed E-state index contributed by atoms with van der Waals surface area (Å²) < 4.78 is 0. The predicted molar refractivity (Wildman–Crippen MR) is 70.7 cm³/mol. The van der Waals surface area contributed by atoms with E-state index in [1.165, 1.54) is 11.1 Å². The van der Waals surface area contributed by atoms with E-state index in [4.69, 9.17) is 0 Å². The van der Waals surface area contributed by atoms with Gasteiger partial charge in [0, 0.05) is 18.3 Å². The Kier molecular flexibility index (Phi) is 2.35. The molecule has 3 rings (SSSR count). The molecule has 0 aromatic heterocycles. The number of phenols is 1. The fraction of sp³-hybridized carbons (Fsp3) is 0.562. The van der Waals surface area contributed by atoms with Crippen molar-refractivity contribution < 1.29 is 9.90 Å². The standard InChI is InChI=1S/C16H20O2/c1-15-7-5-11-9-12(17)3-4-14(11)16(15,2)10-13(18)6-8-15/h3-4,9,17H,5-8,10H2,1-2H3/t15-,16+/m1/s1. The minimum Gasteiger partial charge on any atom is -0.508 e. The van der Waals surface area contributed by atoms with Crippen molar-refractivity contribution in [3.63, 3.8) is 0 Å². The molecule has 18 heavy (non-hydrogen) atoms. The van der Waals surface area contributed by atoms with Crippen molar-refractivity contribution in [2.45, 2.75) is 51.4 Å². The number of hydrogen-bond acceptors (Lipinski definition) is 2. The molecular formula is C16H20O2. The average molecular weight is 244 g/mol. The molecule has 0 bridgehead atoms. The Balaban J connectivity index is 2.16. The van der Waals surface area contributed by atoms with Crippen LogP contribution in [0.2, 0.25) is 0 Å². The summed E-state index contributed by atoms with van der Waals surface area (Å²) in [6.07, 6.45) is 4.53. The molecule has 1 aromatic carbocycles. The van der Waals surface area contributed by atoms with Crippen LogP contribution < -0.4 is 0 Å². The van der Waals surface area contributed by atoms with Gasteiger partial charge in [-0.1, -0.05) is 19.9 Å². The minimum absolute atomic E-state index is 0.0520. The number of carbonyl (C=O) groups is 1. The van der Waals surface area contributed by atoms with Crippen LogP contribution in [0.25, 0.3) is 0 Å². The topological polar surface area (TPSA) is 37.3 Å². The van der Waals surface area contributed by atoms with Gasteiger partial charge in [0.05, 0.1) is 0 Å². The van der Waals surface area contributed by atoms with Crippen LogP contribution in [-0.2, 0) is 16.6 Å². The van der Waals surface area contributed by atoms with Crippen molar-refractivity contribution in [2.75, 3.05) is 0 Å². The molecule has 0 unspecified atom stereocenters. The zero-order chi connectivity index (χ0) is 13.0. The molecular weight excluding hydrogens is 224 g/mol. The number of benzene rings is 1. The molecule has 1 aromatic rings. The highest BCUT2D eigenvalue weighted by molar-refractivity contribution is 5.81. The van der Waals surface area contributed by atoms with Gasteiger partial charge in [-0.25, -0.2) is 0 Å². The summed E-state index contributed by atoms with van der Waals surface area (Å²) in [7, 11) is 0. The third-order valence-electron chi connectivity index (χ3n) is 5.47. The summed E-state index contributed by atoms with van der Waals surface area (Å²) in [5.74, 6) is 0.721. The molecule has 1 N–H and O–H groups in total. The third-order valence-corrected chi connectivity index (χ3v) is 5.47. The molecule has 0 heterocycles. The lowest BCUT2D eigenvalue weighted by Gasteiger charge is -2.53. The lowest BCUT2D eigenvalue weighted by atomic mass is 9.50. The first-order valence-corrected chi connectivity index (χ1v) is 6.79. The second-order valence-corrected chi connectivity index (χ2v) is 6.45. The van der Waals surface area contributed by atoms with Crippen LogP contribution in [0.4, 0.5) is 0 Å². The van der Waals surface area contributed by atoms with Crippen LogP contribution in [0, 0.1) is 5.41 Å². The normalized spacial score (nSPS) is 34.9. The quantitative estimate of drug-likeness (QED) is 0.760. The lowest BCUT2D eigenvalue weighted by molar-refractivity contribution is -0.126. The van der Waals surface area contributed by atoms with Crippen molar-refractivity contribution in [1.82, 2.24) is 0 Å². The van der Waals surface area contributed by atoms with Crippen molar-refractivity contribution in [3.05, 3.63) is 29.3 Å². The van der Waals surface area contributed by atoms with E-state index in [0.29, 0.717) is 18.0 Å². The molecule has 0 saturated heterocycles. The number of phenolic OH excluding ortho intramolecular Hbond substituents is 1. The smallest absolute Gasteiger partial charge is 0.133 e. The second-order valence-electron chi connectivity index (χ2n) is 6.45. The number of aromatic hydroxyl groups is 1. The van der Waals surface area contributed by atoms with Gasteiger partial charge in [-0.2, -0.15) is 0 Å². The molecule has 1 saturated carbocycles. The van der Waals surface area contributed by atoms with Crippen molar-refractivity contribution in [1.29, 1.82) is 0 Å². The fourth-order valence-corrected chi connectivity index (χ4v) is 3.94. The van der Waals surface area contributed by atoms with E-state index in [1.54, 1.807) is 6.07 Å². The summed E-state index contributed by atoms with van der Waals surface area (Å²) in [6, 6.07) is 5.66. The van der Waals surface area contributed by atoms with Gasteiger partial charge in [-0.05, 0) is 47.9 Å². The van der Waals surface area contributed by atoms with E-state index in [0.717, 1.165) is 25.7 Å². The molecule has 0 aliphatic heterocycles. The largest absolute Gasteiger partial charge is 0.508 e. The summed E-state index contributed by atoms with van der Waals surface area (Å²) in [5.41, 5.74) is 2.68. The van der Waals surface area contributed by atoms with Gasteiger partial charge in [-0.3, -0.25) is 4.79 Å². The van der Waals surface area contributed by atoms with Crippen LogP contribution in [0.5, 0.6) is 5.75 Å². The first-order valence-electron chi connectivity index (χ1n) is 6.79. The van der Waals surface area contributed by atoms with Gasteiger partial charge in [0.25, 0.3) is 0 Å². The molecule has 0 amide bonds. The van der Waals surface area contributed by atoms with Crippen LogP contribution >= 0.6 is 0 Å². The minimum atomic E-state index is -0.0520. The molecule has 96 valence electrons. The van der Waals surface area contributed by atoms with Gasteiger partial charge < -0.3 is 5.11 Å². The number of aryl methyl sites for hydroxylation is 1. The average Bonchev–Trinajstić information content (AvgIpc) is 2.31. The Morgan fingerprint density at radius 1 is 1.17 bits per heavy atom. The Morgan fingerprint density at radius 3 is 2.67 bits per heavy atom. The highest BCUT2D eigenvalue weighted by atomic mass is 16.3. The van der Waals surface area contributed by atoms with E-state index >= 15 is 0 Å². The molecule has 2 aliphatic rings. The Morgan fingerprint density at radius 2 is 1.89 bits per heavy atom. The number of carbonyl (C=O) groups excluding carboxylic acids is 1. The van der Waals surface area contributed by atoms with Crippen LogP contribution in [0.15, 0.2) is 18.2 Å². The molecule has 2 nitrogen and oxygen atoms in total. The first kappa shape index (κ1) is 11.8. The Bertz CT molecular complexity index is 520. The second kappa shape index (κ2) is 3.59. The molecule has 2 atom stereocenters. The van der Waals surface area contributed by atoms with Crippen molar-refractivity contribution >= 4 is 5.78 Å². The van der Waals surface area contributed by atoms with E-state index < -0.39 is 0 Å². The van der Waals surface area contributed by atoms with E-state index in [9.17, 15) is 9.90 Å². The summed E-state index contributed by atoms with van der Waals surface area (Å²) in [6.45, 7) is 4.56. The monoisotopic (exact) mass is 244 g/mol. The highest BCUT2D eigenvalue weighted by Gasteiger charge is 2.52. The number of fused-ring (bicyclic) bond motifs is 3. The maximum absolute atomic E-state index is 11.9. The lowest BCUT2D eigenvalue weighted by Crippen LogP contribution is -2.49. The van der Waals surface area contributed by atoms with E-state index in [-0.39, 0.29) is 10.8 Å².